The first-order chi connectivity index (χ1) is 18.3. The molecule has 0 saturated carbocycles. The second-order valence-corrected chi connectivity index (χ2v) is 11.1. The molecule has 3 heterocycles. The number of aromatic amines is 1. The van der Waals surface area contributed by atoms with Crippen molar-refractivity contribution in [3.8, 4) is 17.1 Å². The average Bonchev–Trinajstić information content (AvgIpc) is 3.22. The molecular formula is C26H35N5O6S. The first-order valence-corrected chi connectivity index (χ1v) is 14.5. The number of β-amino-alcohol motifs (C(OH)–C–C–N with tert-alkyl or cyclic N) is 1. The maximum atomic E-state index is 13.5. The van der Waals surface area contributed by atoms with E-state index in [0.29, 0.717) is 85.8 Å². The number of fused-ring (bicyclic) bond motifs is 1. The van der Waals surface area contributed by atoms with Crippen molar-refractivity contribution in [2.45, 2.75) is 44.9 Å². The highest BCUT2D eigenvalue weighted by atomic mass is 32.2. The number of H-pyrrole nitrogens is 1. The maximum absolute atomic E-state index is 13.5. The van der Waals surface area contributed by atoms with Crippen molar-refractivity contribution < 1.29 is 23.1 Å². The maximum Gasteiger partial charge on any atom is 0.275 e. The monoisotopic (exact) mass is 545 g/mol. The van der Waals surface area contributed by atoms with Crippen LogP contribution in [0.3, 0.4) is 0 Å². The molecule has 0 amide bonds. The van der Waals surface area contributed by atoms with E-state index in [1.807, 2.05) is 25.7 Å². The second kappa shape index (κ2) is 11.8. The van der Waals surface area contributed by atoms with E-state index in [1.165, 1.54) is 21.0 Å². The van der Waals surface area contributed by atoms with Crippen LogP contribution >= 0.6 is 0 Å². The van der Waals surface area contributed by atoms with Gasteiger partial charge in [-0.2, -0.15) is 4.31 Å². The zero-order valence-corrected chi connectivity index (χ0v) is 22.9. The number of piperazine rings is 1. The molecule has 0 aliphatic carbocycles. The number of benzene rings is 1. The number of carbonyl (C=O) groups is 1. The van der Waals surface area contributed by atoms with Crippen molar-refractivity contribution >= 4 is 21.8 Å². The van der Waals surface area contributed by atoms with Crippen LogP contribution in [0.5, 0.6) is 5.75 Å². The van der Waals surface area contributed by atoms with Crippen molar-refractivity contribution in [2.75, 3.05) is 45.9 Å². The summed E-state index contributed by atoms with van der Waals surface area (Å²) in [5.41, 5.74) is 2.03. The summed E-state index contributed by atoms with van der Waals surface area (Å²) in [5.74, 6) is 0.542. The summed E-state index contributed by atoms with van der Waals surface area (Å²) in [6.45, 7) is 8.23. The highest BCUT2D eigenvalue weighted by molar-refractivity contribution is 7.89. The van der Waals surface area contributed by atoms with Gasteiger partial charge in [0.1, 0.15) is 11.3 Å². The fourth-order valence-electron chi connectivity index (χ4n) is 5.03. The predicted molar refractivity (Wildman–Crippen MR) is 143 cm³/mol. The van der Waals surface area contributed by atoms with E-state index in [2.05, 4.69) is 4.98 Å². The number of nitrogens with one attached hydrogen (secondary N) is 1. The number of aromatic nitrogens is 3. The molecule has 38 heavy (non-hydrogen) atoms. The lowest BCUT2D eigenvalue weighted by atomic mass is 10.1. The molecule has 1 aliphatic rings. The number of aliphatic hydroxyl groups excluding tert-OH is 1. The number of aliphatic hydroxyl groups is 1. The Morgan fingerprint density at radius 3 is 2.50 bits per heavy atom. The van der Waals surface area contributed by atoms with Gasteiger partial charge in [-0.1, -0.05) is 20.3 Å². The van der Waals surface area contributed by atoms with Gasteiger partial charge in [-0.05, 0) is 43.5 Å². The van der Waals surface area contributed by atoms with Crippen LogP contribution in [0.1, 0.15) is 48.8 Å². The van der Waals surface area contributed by atoms with E-state index in [9.17, 15) is 23.1 Å². The number of ether oxygens (including phenoxy) is 1. The Hall–Kier alpha value is -3.06. The number of carbonyl (C=O) groups excluding carboxylic acids is 1. The van der Waals surface area contributed by atoms with Crippen LogP contribution in [-0.2, 0) is 22.9 Å². The number of sulfonamides is 1. The summed E-state index contributed by atoms with van der Waals surface area (Å²) in [6.07, 6.45) is 2.58. The van der Waals surface area contributed by atoms with Gasteiger partial charge in [-0.3, -0.25) is 14.5 Å². The van der Waals surface area contributed by atoms with Crippen LogP contribution in [0.25, 0.3) is 16.9 Å². The normalized spacial score (nSPS) is 15.3. The molecule has 12 heteroatoms. The van der Waals surface area contributed by atoms with Gasteiger partial charge in [0.05, 0.1) is 29.4 Å². The zero-order valence-electron chi connectivity index (χ0n) is 22.1. The molecule has 3 aromatic rings. The number of aryl methyl sites for hydroxylation is 2. The molecule has 2 N–H and O–H groups in total. The molecule has 11 nitrogen and oxygen atoms in total. The third-order valence-corrected chi connectivity index (χ3v) is 8.78. The molecule has 0 atom stereocenters. The van der Waals surface area contributed by atoms with Gasteiger partial charge >= 0.3 is 0 Å². The Morgan fingerprint density at radius 1 is 1.16 bits per heavy atom. The molecule has 1 aromatic carbocycles. The smallest absolute Gasteiger partial charge is 0.275 e. The number of rotatable bonds is 11. The van der Waals surface area contributed by atoms with Crippen LogP contribution in [-0.4, -0.2) is 89.6 Å². The van der Waals surface area contributed by atoms with E-state index in [-0.39, 0.29) is 17.3 Å². The standard InChI is InChI=1S/C26H35N5O6S/c1-4-7-22-21(17-33)19(5-2)24-26(34)27-25(28-31(22)24)20-16-18(8-9-23(20)37-6-3)38(35,36)30-12-10-29(11-13-30)14-15-32/h8-9,16-17,32H,4-7,10-15H2,1-3H3,(H,27,28,34). The van der Waals surface area contributed by atoms with Crippen LogP contribution < -0.4 is 10.3 Å². The van der Waals surface area contributed by atoms with E-state index >= 15 is 0 Å². The highest BCUT2D eigenvalue weighted by Crippen LogP contribution is 2.32. The Kier molecular flexibility index (Phi) is 8.66. The zero-order chi connectivity index (χ0) is 27.4. The van der Waals surface area contributed by atoms with E-state index in [1.54, 1.807) is 6.07 Å². The van der Waals surface area contributed by atoms with Crippen LogP contribution in [0.15, 0.2) is 27.9 Å². The number of hydrogen-bond donors (Lipinski definition) is 2. The van der Waals surface area contributed by atoms with Crippen molar-refractivity contribution in [2.24, 2.45) is 0 Å². The van der Waals surface area contributed by atoms with E-state index in [4.69, 9.17) is 9.84 Å². The van der Waals surface area contributed by atoms with Crippen molar-refractivity contribution in [3.05, 3.63) is 45.4 Å². The summed E-state index contributed by atoms with van der Waals surface area (Å²) in [4.78, 5) is 30.1. The molecule has 4 rings (SSSR count). The lowest BCUT2D eigenvalue weighted by molar-refractivity contribution is 0.112. The van der Waals surface area contributed by atoms with E-state index < -0.39 is 15.6 Å². The minimum atomic E-state index is -3.83. The number of nitrogens with zero attached hydrogens (tertiary/aromatic N) is 4. The molecule has 0 spiro atoms. The summed E-state index contributed by atoms with van der Waals surface area (Å²) < 4.78 is 35.8. The molecular weight excluding hydrogens is 510 g/mol. The van der Waals surface area contributed by atoms with Crippen molar-refractivity contribution in [1.82, 2.24) is 23.8 Å². The molecule has 1 saturated heterocycles. The molecule has 1 aliphatic heterocycles. The molecule has 0 unspecified atom stereocenters. The Balaban J connectivity index is 1.84. The predicted octanol–water partition coefficient (Wildman–Crippen LogP) is 1.71. The second-order valence-electron chi connectivity index (χ2n) is 9.18. The summed E-state index contributed by atoms with van der Waals surface area (Å²) in [6, 6.07) is 4.56. The average molecular weight is 546 g/mol. The van der Waals surface area contributed by atoms with Gasteiger partial charge in [0.15, 0.2) is 12.1 Å². The SMILES string of the molecule is CCCc1c(C=O)c(CC)c2c(=O)[nH]c(-c3cc(S(=O)(=O)N4CCN(CCO)CC4)ccc3OCC)nn12. The van der Waals surface area contributed by atoms with E-state index in [0.717, 1.165) is 12.7 Å². The lowest BCUT2D eigenvalue weighted by Gasteiger charge is -2.33. The third kappa shape index (κ3) is 5.13. The van der Waals surface area contributed by atoms with Gasteiger partial charge < -0.3 is 14.8 Å². The Bertz CT molecular complexity index is 1470. The molecule has 0 radical (unpaired) electrons. The molecule has 0 bridgehead atoms. The summed E-state index contributed by atoms with van der Waals surface area (Å²) in [5, 5.41) is 13.9. The quantitative estimate of drug-likeness (QED) is 0.348. The van der Waals surface area contributed by atoms with Crippen molar-refractivity contribution in [1.29, 1.82) is 0 Å². The highest BCUT2D eigenvalue weighted by Gasteiger charge is 2.30. The van der Waals surface area contributed by atoms with Gasteiger partial charge in [0.2, 0.25) is 10.0 Å². The largest absolute Gasteiger partial charge is 0.493 e. The topological polar surface area (TPSA) is 137 Å². The minimum Gasteiger partial charge on any atom is -0.493 e. The Labute approximate surface area is 222 Å². The number of aldehydes is 1. The fraction of sp³-hybridized carbons (Fsp3) is 0.500. The Morgan fingerprint density at radius 2 is 1.89 bits per heavy atom. The molecule has 1 fully saturated rings. The first-order valence-electron chi connectivity index (χ1n) is 13.0. The van der Waals surface area contributed by atoms with Crippen LogP contribution in [0, 0.1) is 0 Å². The molecule has 206 valence electrons. The van der Waals surface area contributed by atoms with Crippen LogP contribution in [0.4, 0.5) is 0 Å². The number of hydrogen-bond acceptors (Lipinski definition) is 8. The van der Waals surface area contributed by atoms with Crippen LogP contribution in [0.2, 0.25) is 0 Å². The molecule has 2 aromatic heterocycles. The van der Waals surface area contributed by atoms with Gasteiger partial charge in [-0.25, -0.2) is 12.9 Å². The van der Waals surface area contributed by atoms with Gasteiger partial charge in [-0.15, -0.1) is 5.10 Å². The summed E-state index contributed by atoms with van der Waals surface area (Å²) >= 11 is 0. The third-order valence-electron chi connectivity index (χ3n) is 6.89. The first kappa shape index (κ1) is 28.0. The van der Waals surface area contributed by atoms with Gasteiger partial charge in [0.25, 0.3) is 5.56 Å². The van der Waals surface area contributed by atoms with Crippen molar-refractivity contribution in [3.63, 3.8) is 0 Å². The fourth-order valence-corrected chi connectivity index (χ4v) is 6.48. The minimum absolute atomic E-state index is 0.0278. The lowest BCUT2D eigenvalue weighted by Crippen LogP contribution is -2.49. The van der Waals surface area contributed by atoms with Gasteiger partial charge in [0, 0.05) is 38.3 Å². The summed E-state index contributed by atoms with van der Waals surface area (Å²) in [7, 11) is -3.83.